The number of aromatic amines is 1. The van der Waals surface area contributed by atoms with E-state index in [1.54, 1.807) is 30.2 Å². The molecule has 4 aromatic rings. The summed E-state index contributed by atoms with van der Waals surface area (Å²) >= 11 is 0. The van der Waals surface area contributed by atoms with E-state index in [9.17, 15) is 9.18 Å². The van der Waals surface area contributed by atoms with E-state index in [0.29, 0.717) is 46.0 Å². The van der Waals surface area contributed by atoms with Gasteiger partial charge in [-0.25, -0.2) is 14.4 Å². The van der Waals surface area contributed by atoms with Crippen molar-refractivity contribution in [2.45, 2.75) is 31.7 Å². The summed E-state index contributed by atoms with van der Waals surface area (Å²) in [5.74, 6) is -0.211. The summed E-state index contributed by atoms with van der Waals surface area (Å²) in [4.78, 5) is 25.0. The minimum atomic E-state index is -0.336. The summed E-state index contributed by atoms with van der Waals surface area (Å²) in [7, 11) is 1.74. The Morgan fingerprint density at radius 2 is 2.29 bits per heavy atom. The fourth-order valence-corrected chi connectivity index (χ4v) is 4.38. The molecule has 1 saturated carbocycles. The van der Waals surface area contributed by atoms with Crippen LogP contribution in [0.4, 0.5) is 4.39 Å². The van der Waals surface area contributed by atoms with Crippen LogP contribution in [0.5, 0.6) is 0 Å². The number of hydrogen-bond donors (Lipinski definition) is 2. The molecule has 9 heteroatoms. The Morgan fingerprint density at radius 3 is 3.13 bits per heavy atom. The topological polar surface area (TPSA) is 112 Å². The number of nitrogens with one attached hydrogen (secondary N) is 2. The fourth-order valence-electron chi connectivity index (χ4n) is 4.38. The second-order valence-electron chi connectivity index (χ2n) is 8.00. The first kappa shape index (κ1) is 19.2. The monoisotopic (exact) mass is 417 g/mol. The lowest BCUT2D eigenvalue weighted by Gasteiger charge is -2.12. The van der Waals surface area contributed by atoms with Crippen LogP contribution in [0.2, 0.25) is 0 Å². The molecule has 2 atom stereocenters. The highest BCUT2D eigenvalue weighted by molar-refractivity contribution is 6.05. The zero-order chi connectivity index (χ0) is 21.5. The number of nitriles is 1. The van der Waals surface area contributed by atoms with Gasteiger partial charge in [0.15, 0.2) is 5.65 Å². The van der Waals surface area contributed by atoms with Crippen LogP contribution in [0.3, 0.4) is 0 Å². The van der Waals surface area contributed by atoms with Crippen molar-refractivity contribution in [3.8, 4) is 17.5 Å². The van der Waals surface area contributed by atoms with E-state index in [0.717, 1.165) is 24.6 Å². The van der Waals surface area contributed by atoms with Gasteiger partial charge < -0.3 is 10.3 Å². The highest BCUT2D eigenvalue weighted by atomic mass is 19.1. The van der Waals surface area contributed by atoms with Gasteiger partial charge in [-0.15, -0.1) is 0 Å². The molecule has 0 radical (unpaired) electrons. The van der Waals surface area contributed by atoms with Crippen LogP contribution in [-0.2, 0) is 7.05 Å². The molecule has 0 spiro atoms. The van der Waals surface area contributed by atoms with Gasteiger partial charge in [-0.2, -0.15) is 10.4 Å². The third-order valence-electron chi connectivity index (χ3n) is 5.94. The first-order valence-corrected chi connectivity index (χ1v) is 10.2. The number of fused-ring (bicyclic) bond motifs is 2. The summed E-state index contributed by atoms with van der Waals surface area (Å²) < 4.78 is 15.2. The lowest BCUT2D eigenvalue weighted by Crippen LogP contribution is -2.32. The largest absolute Gasteiger partial charge is 0.349 e. The smallest absolute Gasteiger partial charge is 0.255 e. The van der Waals surface area contributed by atoms with Crippen LogP contribution >= 0.6 is 0 Å². The molecule has 1 aromatic carbocycles. The molecule has 8 nitrogen and oxygen atoms in total. The number of amides is 1. The number of benzene rings is 1. The number of nitrogens with zero attached hydrogens (tertiary/aromatic N) is 5. The minimum absolute atomic E-state index is 0.0570. The molecule has 0 unspecified atom stereocenters. The minimum Gasteiger partial charge on any atom is -0.349 e. The zero-order valence-electron chi connectivity index (χ0n) is 16.9. The highest BCUT2D eigenvalue weighted by Gasteiger charge is 2.27. The van der Waals surface area contributed by atoms with Gasteiger partial charge in [-0.3, -0.25) is 9.48 Å². The van der Waals surface area contributed by atoms with Crippen molar-refractivity contribution in [2.75, 3.05) is 0 Å². The molecule has 1 amide bonds. The second-order valence-corrected chi connectivity index (χ2v) is 8.00. The molecule has 0 bridgehead atoms. The lowest BCUT2D eigenvalue weighted by atomic mass is 10.1. The van der Waals surface area contributed by atoms with Crippen molar-refractivity contribution in [2.24, 2.45) is 13.0 Å². The van der Waals surface area contributed by atoms with Crippen LogP contribution in [0, 0.1) is 23.1 Å². The van der Waals surface area contributed by atoms with Gasteiger partial charge in [0.2, 0.25) is 0 Å². The van der Waals surface area contributed by atoms with E-state index in [4.69, 9.17) is 5.26 Å². The Labute approximate surface area is 177 Å². The molecule has 3 aromatic heterocycles. The number of hydrogen-bond acceptors (Lipinski definition) is 5. The first-order valence-electron chi connectivity index (χ1n) is 10.2. The van der Waals surface area contributed by atoms with Crippen molar-refractivity contribution in [1.82, 2.24) is 30.0 Å². The van der Waals surface area contributed by atoms with E-state index in [-0.39, 0.29) is 17.8 Å². The number of aryl methyl sites for hydroxylation is 1. The fraction of sp³-hybridized carbons (Fsp3) is 0.318. The van der Waals surface area contributed by atoms with E-state index in [1.807, 2.05) is 0 Å². The Kier molecular flexibility index (Phi) is 4.62. The van der Waals surface area contributed by atoms with Gasteiger partial charge in [-0.05, 0) is 43.4 Å². The summed E-state index contributed by atoms with van der Waals surface area (Å²) in [6, 6.07) is 6.74. The van der Waals surface area contributed by atoms with Crippen molar-refractivity contribution < 1.29 is 9.18 Å². The Bertz CT molecular complexity index is 1350. The maximum atomic E-state index is 13.6. The lowest BCUT2D eigenvalue weighted by molar-refractivity contribution is 0.0938. The van der Waals surface area contributed by atoms with Gasteiger partial charge >= 0.3 is 0 Å². The van der Waals surface area contributed by atoms with Crippen LogP contribution < -0.4 is 5.32 Å². The summed E-state index contributed by atoms with van der Waals surface area (Å²) in [5.41, 5.74) is 3.12. The van der Waals surface area contributed by atoms with Gasteiger partial charge in [0.25, 0.3) is 5.91 Å². The van der Waals surface area contributed by atoms with E-state index < -0.39 is 0 Å². The average Bonchev–Trinajstić information content (AvgIpc) is 3.45. The van der Waals surface area contributed by atoms with E-state index in [2.05, 4.69) is 31.4 Å². The quantitative estimate of drug-likeness (QED) is 0.528. The van der Waals surface area contributed by atoms with Gasteiger partial charge in [-0.1, -0.05) is 0 Å². The Balaban J connectivity index is 1.47. The molecule has 1 aliphatic rings. The number of aromatic nitrogens is 5. The van der Waals surface area contributed by atoms with Crippen LogP contribution in [-0.4, -0.2) is 36.7 Å². The maximum absolute atomic E-state index is 13.6. The molecule has 2 N–H and O–H groups in total. The Morgan fingerprint density at radius 1 is 1.42 bits per heavy atom. The third kappa shape index (κ3) is 3.40. The van der Waals surface area contributed by atoms with Crippen molar-refractivity contribution >= 4 is 28.0 Å². The predicted molar refractivity (Wildman–Crippen MR) is 112 cm³/mol. The highest BCUT2D eigenvalue weighted by Crippen LogP contribution is 2.30. The normalized spacial score (nSPS) is 18.5. The number of H-pyrrole nitrogens is 1. The molecule has 0 aliphatic heterocycles. The molecule has 3 heterocycles. The van der Waals surface area contributed by atoms with Crippen molar-refractivity contribution in [3.05, 3.63) is 42.0 Å². The van der Waals surface area contributed by atoms with Crippen LogP contribution in [0.25, 0.3) is 33.5 Å². The van der Waals surface area contributed by atoms with Gasteiger partial charge in [0.1, 0.15) is 22.7 Å². The maximum Gasteiger partial charge on any atom is 0.255 e. The molecule has 1 fully saturated rings. The van der Waals surface area contributed by atoms with Crippen molar-refractivity contribution in [3.63, 3.8) is 0 Å². The molecular formula is C22H20FN7O. The first-order chi connectivity index (χ1) is 15.0. The molecular weight excluding hydrogens is 397 g/mol. The number of rotatable bonds is 4. The van der Waals surface area contributed by atoms with Crippen LogP contribution in [0.15, 0.2) is 30.6 Å². The van der Waals surface area contributed by atoms with Gasteiger partial charge in [0.05, 0.1) is 23.3 Å². The molecule has 156 valence electrons. The number of carbonyl (C=O) groups excluding carboxylic acids is 1. The van der Waals surface area contributed by atoms with E-state index >= 15 is 0 Å². The summed E-state index contributed by atoms with van der Waals surface area (Å²) in [6.07, 6.45) is 6.36. The van der Waals surface area contributed by atoms with Crippen molar-refractivity contribution in [1.29, 1.82) is 5.26 Å². The molecule has 5 rings (SSSR count). The van der Waals surface area contributed by atoms with Gasteiger partial charge in [0, 0.05) is 31.1 Å². The third-order valence-corrected chi connectivity index (χ3v) is 5.94. The Hall–Kier alpha value is -3.80. The number of halogens is 1. The summed E-state index contributed by atoms with van der Waals surface area (Å²) in [5, 5.41) is 17.2. The van der Waals surface area contributed by atoms with E-state index in [1.165, 1.54) is 12.1 Å². The second kappa shape index (κ2) is 7.47. The zero-order valence-corrected chi connectivity index (χ0v) is 16.9. The number of carbonyl (C=O) groups is 1. The predicted octanol–water partition coefficient (Wildman–Crippen LogP) is 3.46. The van der Waals surface area contributed by atoms with Crippen LogP contribution in [0.1, 0.15) is 36.0 Å². The standard InChI is InChI=1S/C22H20FN7O/c1-30-18-9-13(23)3-5-15(18)19(29-30)17-11-26-21-20(28-17)16(10-25-21)22(31)27-14-4-2-12(8-14)6-7-24/h3,5,9-12,14H,2,4,6,8H2,1H3,(H,25,26)(H,27,31)/t12-,14-/m0/s1. The molecule has 31 heavy (non-hydrogen) atoms. The molecule has 1 aliphatic carbocycles. The SMILES string of the molecule is Cn1nc(-c2cnc3[nH]cc(C(=O)N[C@H]4CC[C@@H](CC#N)C4)c3n2)c2ccc(F)cc21. The average molecular weight is 417 g/mol. The molecule has 0 saturated heterocycles. The summed E-state index contributed by atoms with van der Waals surface area (Å²) in [6.45, 7) is 0.